The smallest absolute Gasteiger partial charge is 0.223 e. The molecule has 1 amide bonds. The maximum absolute atomic E-state index is 14.0. The van der Waals surface area contributed by atoms with Crippen molar-refractivity contribution in [2.24, 2.45) is 5.41 Å². The number of aromatic amines is 1. The minimum atomic E-state index is -0.132. The van der Waals surface area contributed by atoms with E-state index in [1.807, 2.05) is 24.0 Å². The Labute approximate surface area is 165 Å². The lowest BCUT2D eigenvalue weighted by Gasteiger charge is -2.40. The number of likely N-dealkylation sites (tertiary alicyclic amines) is 2. The van der Waals surface area contributed by atoms with Crippen LogP contribution in [-0.2, 0) is 17.8 Å². The molecule has 1 atom stereocenters. The second-order valence-corrected chi connectivity index (χ2v) is 8.31. The zero-order chi connectivity index (χ0) is 19.6. The summed E-state index contributed by atoms with van der Waals surface area (Å²) in [5.41, 5.74) is 0.910. The summed E-state index contributed by atoms with van der Waals surface area (Å²) in [6.45, 7) is 6.07. The van der Waals surface area contributed by atoms with Gasteiger partial charge in [-0.3, -0.25) is 14.8 Å². The fraction of sp³-hybridized carbons (Fsp3) is 0.571. The lowest BCUT2D eigenvalue weighted by atomic mass is 9.79. The molecule has 2 aliphatic rings. The largest absolute Gasteiger partial charge is 0.342 e. The maximum atomic E-state index is 14.0. The lowest BCUT2D eigenvalue weighted by molar-refractivity contribution is -0.130. The second kappa shape index (κ2) is 7.99. The number of hydrogen-bond donors (Lipinski definition) is 1. The highest BCUT2D eigenvalue weighted by Gasteiger charge is 2.42. The molecule has 7 heteroatoms. The van der Waals surface area contributed by atoms with Gasteiger partial charge in [-0.15, -0.1) is 0 Å². The molecule has 2 aromatic rings. The summed E-state index contributed by atoms with van der Waals surface area (Å²) in [5, 5.41) is 6.93. The number of carbonyl (C=O) groups is 1. The van der Waals surface area contributed by atoms with Gasteiger partial charge in [0.1, 0.15) is 11.6 Å². The molecular weight excluding hydrogens is 357 g/mol. The molecule has 3 heterocycles. The average Bonchev–Trinajstić information content (AvgIpc) is 3.28. The monoisotopic (exact) mass is 385 g/mol. The van der Waals surface area contributed by atoms with Crippen molar-refractivity contribution in [2.75, 3.05) is 26.2 Å². The van der Waals surface area contributed by atoms with Gasteiger partial charge in [-0.25, -0.2) is 9.37 Å². The molecule has 1 aromatic carbocycles. The van der Waals surface area contributed by atoms with Crippen molar-refractivity contribution < 1.29 is 9.18 Å². The van der Waals surface area contributed by atoms with Crippen LogP contribution in [0.5, 0.6) is 0 Å². The molecule has 28 heavy (non-hydrogen) atoms. The number of amides is 1. The van der Waals surface area contributed by atoms with Gasteiger partial charge in [-0.1, -0.05) is 18.2 Å². The summed E-state index contributed by atoms with van der Waals surface area (Å²) in [4.78, 5) is 21.3. The summed E-state index contributed by atoms with van der Waals surface area (Å²) >= 11 is 0. The number of aromatic nitrogens is 3. The number of carbonyl (C=O) groups excluding carboxylic acids is 1. The first-order valence-corrected chi connectivity index (χ1v) is 10.1. The molecule has 6 nitrogen and oxygen atoms in total. The lowest BCUT2D eigenvalue weighted by Crippen LogP contribution is -2.45. The molecule has 2 fully saturated rings. The van der Waals surface area contributed by atoms with E-state index < -0.39 is 0 Å². The van der Waals surface area contributed by atoms with E-state index in [0.29, 0.717) is 25.2 Å². The van der Waals surface area contributed by atoms with Crippen LogP contribution in [0.2, 0.25) is 0 Å². The molecule has 0 radical (unpaired) electrons. The fourth-order valence-electron chi connectivity index (χ4n) is 4.67. The first kappa shape index (κ1) is 19.1. The average molecular weight is 385 g/mol. The number of piperidine rings is 1. The number of benzene rings is 1. The summed E-state index contributed by atoms with van der Waals surface area (Å²) in [5.74, 6) is 1.53. The molecule has 1 unspecified atom stereocenters. The molecule has 1 N–H and O–H groups in total. The van der Waals surface area contributed by atoms with E-state index in [4.69, 9.17) is 0 Å². The standard InChI is InChI=1S/C21H28FN5O/c1-16-23-19(25-24-16)7-8-20(28)27-12-10-21(15-27)9-4-11-26(14-21)13-17-5-2-3-6-18(17)22/h2-3,5-6H,4,7-15H2,1H3,(H,23,24,25). The predicted molar refractivity (Wildman–Crippen MR) is 104 cm³/mol. The van der Waals surface area contributed by atoms with E-state index in [1.165, 1.54) is 6.07 Å². The van der Waals surface area contributed by atoms with Crippen LogP contribution in [0, 0.1) is 18.2 Å². The van der Waals surface area contributed by atoms with Crippen LogP contribution in [0.4, 0.5) is 4.39 Å². The van der Waals surface area contributed by atoms with Gasteiger partial charge in [0, 0.05) is 50.0 Å². The van der Waals surface area contributed by atoms with Gasteiger partial charge in [0.05, 0.1) is 0 Å². The molecular formula is C21H28FN5O. The van der Waals surface area contributed by atoms with Crippen molar-refractivity contribution in [1.29, 1.82) is 0 Å². The minimum absolute atomic E-state index is 0.132. The number of rotatable bonds is 5. The van der Waals surface area contributed by atoms with Crippen molar-refractivity contribution in [3.63, 3.8) is 0 Å². The summed E-state index contributed by atoms with van der Waals surface area (Å²) in [6, 6.07) is 7.02. The highest BCUT2D eigenvalue weighted by atomic mass is 19.1. The Bertz CT molecular complexity index is 838. The van der Waals surface area contributed by atoms with Gasteiger partial charge in [-0.2, -0.15) is 5.10 Å². The molecule has 2 aliphatic heterocycles. The Morgan fingerprint density at radius 1 is 1.25 bits per heavy atom. The summed E-state index contributed by atoms with van der Waals surface area (Å²) < 4.78 is 14.0. The van der Waals surface area contributed by atoms with Gasteiger partial charge in [0.2, 0.25) is 5.91 Å². The Balaban J connectivity index is 1.32. The van der Waals surface area contributed by atoms with E-state index in [9.17, 15) is 9.18 Å². The molecule has 0 aliphatic carbocycles. The van der Waals surface area contributed by atoms with Crippen molar-refractivity contribution in [2.45, 2.75) is 45.6 Å². The fourth-order valence-corrected chi connectivity index (χ4v) is 4.67. The number of aryl methyl sites for hydroxylation is 2. The van der Waals surface area contributed by atoms with E-state index in [2.05, 4.69) is 20.1 Å². The third-order valence-electron chi connectivity index (χ3n) is 6.09. The summed E-state index contributed by atoms with van der Waals surface area (Å²) in [6.07, 6.45) is 4.31. The quantitative estimate of drug-likeness (QED) is 0.860. The Kier molecular flexibility index (Phi) is 5.44. The maximum Gasteiger partial charge on any atom is 0.223 e. The van der Waals surface area contributed by atoms with Crippen LogP contribution in [0.3, 0.4) is 0 Å². The highest BCUT2D eigenvalue weighted by molar-refractivity contribution is 5.76. The van der Waals surface area contributed by atoms with E-state index in [0.717, 1.165) is 56.8 Å². The first-order valence-electron chi connectivity index (χ1n) is 10.1. The number of hydrogen-bond acceptors (Lipinski definition) is 4. The second-order valence-electron chi connectivity index (χ2n) is 8.31. The minimum Gasteiger partial charge on any atom is -0.342 e. The normalized spacial score (nSPS) is 22.9. The Morgan fingerprint density at radius 2 is 2.11 bits per heavy atom. The number of halogens is 1. The highest BCUT2D eigenvalue weighted by Crippen LogP contribution is 2.39. The SMILES string of the molecule is Cc1nc(CCC(=O)N2CCC3(CCCN(Cc4ccccc4F)C3)C2)n[nH]1. The van der Waals surface area contributed by atoms with Crippen LogP contribution >= 0.6 is 0 Å². The number of nitrogens with one attached hydrogen (secondary N) is 1. The van der Waals surface area contributed by atoms with Gasteiger partial charge in [-0.05, 0) is 38.8 Å². The van der Waals surface area contributed by atoms with E-state index >= 15 is 0 Å². The van der Waals surface area contributed by atoms with Gasteiger partial charge in [0.25, 0.3) is 0 Å². The van der Waals surface area contributed by atoms with Crippen molar-refractivity contribution >= 4 is 5.91 Å². The van der Waals surface area contributed by atoms with Crippen LogP contribution < -0.4 is 0 Å². The molecule has 1 spiro atoms. The van der Waals surface area contributed by atoms with Gasteiger partial charge in [0.15, 0.2) is 5.82 Å². The molecule has 0 bridgehead atoms. The van der Waals surface area contributed by atoms with E-state index in [1.54, 1.807) is 6.07 Å². The molecule has 0 saturated carbocycles. The van der Waals surface area contributed by atoms with Crippen molar-refractivity contribution in [1.82, 2.24) is 25.0 Å². The van der Waals surface area contributed by atoms with Crippen LogP contribution in [0.25, 0.3) is 0 Å². The van der Waals surface area contributed by atoms with Crippen LogP contribution in [0.1, 0.15) is 42.9 Å². The zero-order valence-electron chi connectivity index (χ0n) is 16.5. The third-order valence-corrected chi connectivity index (χ3v) is 6.09. The van der Waals surface area contributed by atoms with Crippen molar-refractivity contribution in [3.8, 4) is 0 Å². The number of H-pyrrole nitrogens is 1. The van der Waals surface area contributed by atoms with E-state index in [-0.39, 0.29) is 17.1 Å². The molecule has 4 rings (SSSR count). The van der Waals surface area contributed by atoms with Gasteiger partial charge < -0.3 is 4.90 Å². The Hall–Kier alpha value is -2.28. The zero-order valence-corrected chi connectivity index (χ0v) is 16.5. The topological polar surface area (TPSA) is 65.1 Å². The van der Waals surface area contributed by atoms with Crippen LogP contribution in [0.15, 0.2) is 24.3 Å². The predicted octanol–water partition coefficient (Wildman–Crippen LogP) is 2.70. The van der Waals surface area contributed by atoms with Gasteiger partial charge >= 0.3 is 0 Å². The van der Waals surface area contributed by atoms with Crippen LogP contribution in [-0.4, -0.2) is 57.1 Å². The van der Waals surface area contributed by atoms with Crippen molar-refractivity contribution in [3.05, 3.63) is 47.3 Å². The first-order chi connectivity index (χ1) is 13.5. The third kappa shape index (κ3) is 4.24. The number of nitrogens with zero attached hydrogens (tertiary/aromatic N) is 4. The molecule has 1 aromatic heterocycles. The molecule has 150 valence electrons. The molecule has 2 saturated heterocycles. The Morgan fingerprint density at radius 3 is 2.89 bits per heavy atom. The summed E-state index contributed by atoms with van der Waals surface area (Å²) in [7, 11) is 0.